The summed E-state index contributed by atoms with van der Waals surface area (Å²) < 4.78 is 29.0. The van der Waals surface area contributed by atoms with E-state index in [-0.39, 0.29) is 17.1 Å². The third kappa shape index (κ3) is 4.60. The summed E-state index contributed by atoms with van der Waals surface area (Å²) in [6, 6.07) is 14.8. The van der Waals surface area contributed by atoms with Crippen LogP contribution in [0.3, 0.4) is 0 Å². The Hall–Kier alpha value is -2.80. The summed E-state index contributed by atoms with van der Waals surface area (Å²) in [6.07, 6.45) is 0.482. The Kier molecular flexibility index (Phi) is 5.59. The molecule has 124 valence electrons. The first kappa shape index (κ1) is 17.6. The van der Waals surface area contributed by atoms with Gasteiger partial charge in [-0.2, -0.15) is 0 Å². The van der Waals surface area contributed by atoms with Gasteiger partial charge in [0.15, 0.2) is 16.2 Å². The number of hydrogen-bond donors (Lipinski definition) is 2. The first-order chi connectivity index (χ1) is 11.4. The van der Waals surface area contributed by atoms with E-state index in [2.05, 4.69) is 4.74 Å². The average Bonchev–Trinajstić information content (AvgIpc) is 2.57. The fourth-order valence-electron chi connectivity index (χ4n) is 2.07. The van der Waals surface area contributed by atoms with Crippen LogP contribution in [0.25, 0.3) is 0 Å². The molecule has 2 aromatic carbocycles. The van der Waals surface area contributed by atoms with Crippen LogP contribution in [0.4, 0.5) is 0 Å². The number of benzene rings is 2. The lowest BCUT2D eigenvalue weighted by Gasteiger charge is -2.06. The molecule has 0 saturated carbocycles. The molecule has 0 saturated heterocycles. The topological polar surface area (TPSA) is 108 Å². The zero-order chi connectivity index (χ0) is 17.6. The van der Waals surface area contributed by atoms with E-state index >= 15 is 0 Å². The monoisotopic (exact) mass is 344 g/mol. The van der Waals surface area contributed by atoms with Gasteiger partial charge in [0.2, 0.25) is 5.78 Å². The molecule has 2 N–H and O–H groups in total. The van der Waals surface area contributed by atoms with Crippen LogP contribution in [-0.2, 0) is 31.5 Å². The summed E-state index contributed by atoms with van der Waals surface area (Å²) in [5.74, 6) is -1.28. The molecule has 7 heteroatoms. The van der Waals surface area contributed by atoms with Gasteiger partial charge >= 0.3 is 0 Å². The van der Waals surface area contributed by atoms with Gasteiger partial charge < -0.3 is 4.74 Å². The van der Waals surface area contributed by atoms with E-state index < -0.39 is 21.5 Å². The van der Waals surface area contributed by atoms with Crippen LogP contribution < -0.4 is 0 Å². The number of nitrogens with one attached hydrogen (secondary N) is 2. The second kappa shape index (κ2) is 7.65. The maximum atomic E-state index is 12.3. The van der Waals surface area contributed by atoms with Gasteiger partial charge in [-0.15, -0.1) is 0 Å². The van der Waals surface area contributed by atoms with Gasteiger partial charge in [0.05, 0.1) is 10.6 Å². The lowest BCUT2D eigenvalue weighted by Crippen LogP contribution is -2.18. The Labute approximate surface area is 140 Å². The molecule has 0 aromatic heterocycles. The molecule has 0 aliphatic carbocycles. The molecular formula is C17H16N2O4S. The van der Waals surface area contributed by atoms with Gasteiger partial charge in [0.25, 0.3) is 5.90 Å². The molecule has 0 bridgehead atoms. The molecule has 0 aliphatic rings. The van der Waals surface area contributed by atoms with Crippen molar-refractivity contribution in [3.8, 4) is 0 Å². The summed E-state index contributed by atoms with van der Waals surface area (Å²) in [7, 11) is -3.42. The molecule has 0 fully saturated rings. The maximum absolute atomic E-state index is 12.3. The van der Waals surface area contributed by atoms with Crippen molar-refractivity contribution in [3.63, 3.8) is 0 Å². The fourth-order valence-corrected chi connectivity index (χ4v) is 3.44. The normalized spacial score (nSPS) is 10.8. The van der Waals surface area contributed by atoms with Crippen molar-refractivity contribution >= 4 is 27.9 Å². The second-order valence-corrected chi connectivity index (χ2v) is 7.04. The maximum Gasteiger partial charge on any atom is 0.257 e. The summed E-state index contributed by atoms with van der Waals surface area (Å²) in [5, 5.41) is 14.0. The van der Waals surface area contributed by atoms with Gasteiger partial charge in [-0.05, 0) is 23.3 Å². The van der Waals surface area contributed by atoms with Crippen LogP contribution in [0.2, 0.25) is 0 Å². The van der Waals surface area contributed by atoms with Crippen LogP contribution >= 0.6 is 0 Å². The Morgan fingerprint density at radius 1 is 1.00 bits per heavy atom. The highest BCUT2D eigenvalue weighted by Crippen LogP contribution is 2.16. The largest absolute Gasteiger partial charge is 0.425 e. The van der Waals surface area contributed by atoms with Crippen LogP contribution in [0.15, 0.2) is 59.5 Å². The number of ketones is 1. The van der Waals surface area contributed by atoms with Crippen molar-refractivity contribution in [2.45, 2.75) is 17.1 Å². The van der Waals surface area contributed by atoms with Crippen molar-refractivity contribution in [3.05, 3.63) is 65.7 Å². The average molecular weight is 344 g/mol. The number of carbonyl (C=O) groups excluding carboxylic acids is 1. The van der Waals surface area contributed by atoms with Crippen molar-refractivity contribution in [2.24, 2.45) is 0 Å². The Bertz CT molecular complexity index is 844. The van der Waals surface area contributed by atoms with Crippen LogP contribution in [0.1, 0.15) is 11.1 Å². The molecule has 6 nitrogen and oxygen atoms in total. The molecule has 0 amide bonds. The fraction of sp³-hybridized carbons (Fsp3) is 0.118. The standard InChI is InChI=1S/C17H16N2O4S/c18-12-23-17(19)16(20)10-13-6-8-14(9-7-13)11-24(21,22)15-4-2-1-3-5-15/h1-9,12,18-19H,10-11H2. The number of ether oxygens (including phenoxy) is 1. The number of rotatable bonds is 7. The van der Waals surface area contributed by atoms with E-state index in [0.29, 0.717) is 17.5 Å². The first-order valence-corrected chi connectivity index (χ1v) is 8.70. The van der Waals surface area contributed by atoms with Crippen LogP contribution in [0, 0.1) is 10.8 Å². The SMILES string of the molecule is N=COC(=N)C(=O)Cc1ccc(CS(=O)(=O)c2ccccc2)cc1. The number of carbonyl (C=O) groups is 1. The van der Waals surface area contributed by atoms with Gasteiger partial charge in [0, 0.05) is 6.42 Å². The van der Waals surface area contributed by atoms with Crippen molar-refractivity contribution in [1.29, 1.82) is 10.8 Å². The summed E-state index contributed by atoms with van der Waals surface area (Å²) >= 11 is 0. The quantitative estimate of drug-likeness (QED) is 0.594. The smallest absolute Gasteiger partial charge is 0.257 e. The van der Waals surface area contributed by atoms with Crippen molar-refractivity contribution in [2.75, 3.05) is 0 Å². The predicted octanol–water partition coefficient (Wildman–Crippen LogP) is 2.37. The Morgan fingerprint density at radius 3 is 2.17 bits per heavy atom. The molecule has 24 heavy (non-hydrogen) atoms. The molecule has 0 heterocycles. The third-order valence-electron chi connectivity index (χ3n) is 3.28. The molecule has 0 spiro atoms. The van der Waals surface area contributed by atoms with Crippen molar-refractivity contribution in [1.82, 2.24) is 0 Å². The van der Waals surface area contributed by atoms with E-state index in [0.717, 1.165) is 0 Å². The highest BCUT2D eigenvalue weighted by molar-refractivity contribution is 7.90. The molecule has 2 rings (SSSR count). The van der Waals surface area contributed by atoms with Gasteiger partial charge in [-0.25, -0.2) is 8.42 Å². The Balaban J connectivity index is 2.06. The van der Waals surface area contributed by atoms with E-state index in [1.165, 1.54) is 0 Å². The van der Waals surface area contributed by atoms with Crippen LogP contribution in [-0.4, -0.2) is 26.5 Å². The van der Waals surface area contributed by atoms with E-state index in [1.807, 2.05) is 0 Å². The Morgan fingerprint density at radius 2 is 1.58 bits per heavy atom. The number of sulfone groups is 1. The zero-order valence-electron chi connectivity index (χ0n) is 12.7. The number of hydrogen-bond acceptors (Lipinski definition) is 6. The molecule has 0 aliphatic heterocycles. The summed E-state index contributed by atoms with van der Waals surface area (Å²) in [6.45, 7) is 0. The van der Waals surface area contributed by atoms with E-state index in [4.69, 9.17) is 10.8 Å². The lowest BCUT2D eigenvalue weighted by molar-refractivity contribution is -0.113. The van der Waals surface area contributed by atoms with Crippen LogP contribution in [0.5, 0.6) is 0 Å². The van der Waals surface area contributed by atoms with Gasteiger partial charge in [-0.1, -0.05) is 42.5 Å². The third-order valence-corrected chi connectivity index (χ3v) is 4.98. The van der Waals surface area contributed by atoms with E-state index in [9.17, 15) is 13.2 Å². The minimum Gasteiger partial charge on any atom is -0.425 e. The first-order valence-electron chi connectivity index (χ1n) is 7.05. The highest BCUT2D eigenvalue weighted by atomic mass is 32.2. The van der Waals surface area contributed by atoms with Crippen molar-refractivity contribution < 1.29 is 17.9 Å². The molecule has 0 radical (unpaired) electrons. The summed E-state index contributed by atoms with van der Waals surface area (Å²) in [5.41, 5.74) is 1.25. The highest BCUT2D eigenvalue weighted by Gasteiger charge is 2.15. The second-order valence-electron chi connectivity index (χ2n) is 5.05. The molecule has 0 unspecified atom stereocenters. The minimum atomic E-state index is -3.42. The van der Waals surface area contributed by atoms with E-state index in [1.54, 1.807) is 54.6 Å². The lowest BCUT2D eigenvalue weighted by atomic mass is 10.1. The predicted molar refractivity (Wildman–Crippen MR) is 90.1 cm³/mol. The molecule has 0 atom stereocenters. The molecular weight excluding hydrogens is 328 g/mol. The minimum absolute atomic E-state index is 0.0433. The summed E-state index contributed by atoms with van der Waals surface area (Å²) in [4.78, 5) is 11.9. The van der Waals surface area contributed by atoms with Gasteiger partial charge in [-0.3, -0.25) is 15.6 Å². The van der Waals surface area contributed by atoms with Gasteiger partial charge in [0.1, 0.15) is 0 Å². The zero-order valence-corrected chi connectivity index (χ0v) is 13.5. The number of Topliss-reactive ketones (excluding diaryl/α,β-unsaturated/α-hetero) is 1. The molecule has 2 aromatic rings.